The molecule has 0 amide bonds. The summed E-state index contributed by atoms with van der Waals surface area (Å²) in [5, 5.41) is 10.7. The molecule has 0 spiro atoms. The average Bonchev–Trinajstić information content (AvgIpc) is 2.77. The van der Waals surface area contributed by atoms with E-state index in [4.69, 9.17) is 0 Å². The second kappa shape index (κ2) is 4.53. The van der Waals surface area contributed by atoms with Crippen LogP contribution in [0.3, 0.4) is 0 Å². The number of fused-ring (bicyclic) bond motifs is 5. The summed E-state index contributed by atoms with van der Waals surface area (Å²) in [6.45, 7) is 4.42. The van der Waals surface area contributed by atoms with E-state index in [2.05, 4.69) is 13.8 Å². The van der Waals surface area contributed by atoms with E-state index in [1.165, 1.54) is 0 Å². The lowest BCUT2D eigenvalue weighted by molar-refractivity contribution is -0.134. The molecule has 0 aromatic rings. The molecule has 4 rings (SSSR count). The minimum atomic E-state index is -0.492. The van der Waals surface area contributed by atoms with Crippen molar-refractivity contribution >= 4 is 11.6 Å². The highest BCUT2D eigenvalue weighted by Gasteiger charge is 2.60. The molecule has 0 aromatic heterocycles. The standard InChI is InChI=1S/C19H26O3/c1-18-7-5-11(20)9-15(18)16(21)10-12-13-3-4-17(22)19(13,2)8-6-14(12)18/h9,12-14,16,21H,3-8,10H2,1-2H3/t12?,13?,14?,16-,18+,19-/m0/s1. The molecule has 0 radical (unpaired) electrons. The number of carbonyl (C=O) groups is 2. The van der Waals surface area contributed by atoms with Gasteiger partial charge >= 0.3 is 0 Å². The zero-order chi connectivity index (χ0) is 15.7. The van der Waals surface area contributed by atoms with Gasteiger partial charge in [0.1, 0.15) is 5.78 Å². The molecular weight excluding hydrogens is 276 g/mol. The number of rotatable bonds is 0. The molecule has 0 saturated heterocycles. The number of Topliss-reactive ketones (excluding diaryl/α,β-unsaturated/α-hetero) is 1. The maximum atomic E-state index is 12.4. The van der Waals surface area contributed by atoms with Gasteiger partial charge in [0.25, 0.3) is 0 Å². The van der Waals surface area contributed by atoms with E-state index < -0.39 is 6.10 Å². The lowest BCUT2D eigenvalue weighted by Crippen LogP contribution is -2.54. The van der Waals surface area contributed by atoms with Crippen LogP contribution in [0.15, 0.2) is 11.6 Å². The van der Waals surface area contributed by atoms with Crippen molar-refractivity contribution in [2.24, 2.45) is 28.6 Å². The SMILES string of the molecule is C[C@]12CCC(=O)C=C1[C@@H](O)CC1C2CC[C@]2(C)C(=O)CCC12. The van der Waals surface area contributed by atoms with Gasteiger partial charge in [-0.15, -0.1) is 0 Å². The molecule has 0 aromatic carbocycles. The van der Waals surface area contributed by atoms with Gasteiger partial charge in [-0.2, -0.15) is 0 Å². The van der Waals surface area contributed by atoms with Crippen LogP contribution in [0.2, 0.25) is 0 Å². The molecule has 3 unspecified atom stereocenters. The minimum Gasteiger partial charge on any atom is -0.389 e. The van der Waals surface area contributed by atoms with E-state index in [1.54, 1.807) is 6.08 Å². The molecule has 3 heteroatoms. The van der Waals surface area contributed by atoms with Crippen LogP contribution in [0.5, 0.6) is 0 Å². The first-order chi connectivity index (χ1) is 10.4. The van der Waals surface area contributed by atoms with Crippen molar-refractivity contribution in [3.8, 4) is 0 Å². The van der Waals surface area contributed by atoms with Crippen molar-refractivity contribution in [1.82, 2.24) is 0 Å². The van der Waals surface area contributed by atoms with E-state index in [0.29, 0.717) is 30.0 Å². The summed E-state index contributed by atoms with van der Waals surface area (Å²) in [7, 11) is 0. The van der Waals surface area contributed by atoms with Gasteiger partial charge in [-0.1, -0.05) is 13.8 Å². The first-order valence-corrected chi connectivity index (χ1v) is 8.82. The zero-order valence-corrected chi connectivity index (χ0v) is 13.6. The molecule has 6 atom stereocenters. The molecule has 3 fully saturated rings. The maximum Gasteiger partial charge on any atom is 0.155 e. The second-order valence-electron chi connectivity index (χ2n) is 8.53. The fraction of sp³-hybridized carbons (Fsp3) is 0.789. The maximum absolute atomic E-state index is 12.4. The Morgan fingerprint density at radius 3 is 2.55 bits per heavy atom. The Bertz CT molecular complexity index is 577. The van der Waals surface area contributed by atoms with Gasteiger partial charge in [-0.3, -0.25) is 9.59 Å². The highest BCUT2D eigenvalue weighted by Crippen LogP contribution is 2.64. The largest absolute Gasteiger partial charge is 0.389 e. The summed E-state index contributed by atoms with van der Waals surface area (Å²) < 4.78 is 0. The van der Waals surface area contributed by atoms with Crippen molar-refractivity contribution < 1.29 is 14.7 Å². The third-order valence-electron chi connectivity index (χ3n) is 7.69. The molecule has 0 bridgehead atoms. The van der Waals surface area contributed by atoms with Gasteiger partial charge in [0.05, 0.1) is 6.10 Å². The van der Waals surface area contributed by atoms with E-state index in [-0.39, 0.29) is 16.6 Å². The second-order valence-corrected chi connectivity index (χ2v) is 8.53. The summed E-state index contributed by atoms with van der Waals surface area (Å²) in [6, 6.07) is 0. The van der Waals surface area contributed by atoms with Crippen LogP contribution < -0.4 is 0 Å². The predicted molar refractivity (Wildman–Crippen MR) is 83.1 cm³/mol. The van der Waals surface area contributed by atoms with E-state index >= 15 is 0 Å². The number of ketones is 2. The molecule has 22 heavy (non-hydrogen) atoms. The van der Waals surface area contributed by atoms with Gasteiger partial charge in [0, 0.05) is 18.3 Å². The Morgan fingerprint density at radius 2 is 1.77 bits per heavy atom. The zero-order valence-electron chi connectivity index (χ0n) is 13.6. The number of aliphatic hydroxyl groups excluding tert-OH is 1. The Balaban J connectivity index is 1.74. The Morgan fingerprint density at radius 1 is 1.05 bits per heavy atom. The van der Waals surface area contributed by atoms with Gasteiger partial charge in [-0.05, 0) is 66.9 Å². The number of carbonyl (C=O) groups excluding carboxylic acids is 2. The Hall–Kier alpha value is -0.960. The highest BCUT2D eigenvalue weighted by atomic mass is 16.3. The summed E-state index contributed by atoms with van der Waals surface area (Å²) >= 11 is 0. The van der Waals surface area contributed by atoms with Crippen molar-refractivity contribution in [1.29, 1.82) is 0 Å². The smallest absolute Gasteiger partial charge is 0.155 e. The summed E-state index contributed by atoms with van der Waals surface area (Å²) in [5.74, 6) is 2.01. The van der Waals surface area contributed by atoms with Crippen LogP contribution in [-0.4, -0.2) is 22.8 Å². The van der Waals surface area contributed by atoms with Crippen LogP contribution in [0.4, 0.5) is 0 Å². The fourth-order valence-corrected chi connectivity index (χ4v) is 6.38. The van der Waals surface area contributed by atoms with Crippen molar-refractivity contribution in [3.63, 3.8) is 0 Å². The topological polar surface area (TPSA) is 54.4 Å². The minimum absolute atomic E-state index is 0.0385. The van der Waals surface area contributed by atoms with Crippen LogP contribution in [0, 0.1) is 28.6 Å². The van der Waals surface area contributed by atoms with Crippen LogP contribution in [-0.2, 0) is 9.59 Å². The lowest BCUT2D eigenvalue weighted by atomic mass is 9.47. The normalized spacial score (nSPS) is 51.0. The first-order valence-electron chi connectivity index (χ1n) is 8.82. The van der Waals surface area contributed by atoms with Gasteiger partial charge in [0.15, 0.2) is 5.78 Å². The third kappa shape index (κ3) is 1.72. The monoisotopic (exact) mass is 302 g/mol. The lowest BCUT2D eigenvalue weighted by Gasteiger charge is -2.58. The summed E-state index contributed by atoms with van der Waals surface area (Å²) in [5.41, 5.74) is 0.796. The molecule has 4 aliphatic rings. The van der Waals surface area contributed by atoms with E-state index in [0.717, 1.165) is 44.1 Å². The average molecular weight is 302 g/mol. The van der Waals surface area contributed by atoms with E-state index in [1.807, 2.05) is 0 Å². The molecule has 120 valence electrons. The molecule has 3 nitrogen and oxygen atoms in total. The summed E-state index contributed by atoms with van der Waals surface area (Å²) in [4.78, 5) is 24.2. The molecule has 3 saturated carbocycles. The molecule has 1 N–H and O–H groups in total. The van der Waals surface area contributed by atoms with E-state index in [9.17, 15) is 14.7 Å². The van der Waals surface area contributed by atoms with Crippen LogP contribution in [0.1, 0.15) is 58.8 Å². The molecule has 0 heterocycles. The number of hydrogen-bond donors (Lipinski definition) is 1. The van der Waals surface area contributed by atoms with Crippen LogP contribution in [0.25, 0.3) is 0 Å². The Labute approximate surface area is 132 Å². The predicted octanol–water partition coefficient (Wildman–Crippen LogP) is 3.06. The molecule has 4 aliphatic carbocycles. The highest BCUT2D eigenvalue weighted by molar-refractivity contribution is 5.92. The number of hydrogen-bond acceptors (Lipinski definition) is 3. The van der Waals surface area contributed by atoms with Crippen molar-refractivity contribution in [3.05, 3.63) is 11.6 Å². The number of aliphatic hydroxyl groups is 1. The van der Waals surface area contributed by atoms with Crippen molar-refractivity contribution in [2.75, 3.05) is 0 Å². The fourth-order valence-electron chi connectivity index (χ4n) is 6.38. The van der Waals surface area contributed by atoms with Crippen molar-refractivity contribution in [2.45, 2.75) is 64.9 Å². The summed E-state index contributed by atoms with van der Waals surface area (Å²) in [6.07, 6.45) is 7.24. The van der Waals surface area contributed by atoms with Gasteiger partial charge in [-0.25, -0.2) is 0 Å². The molecular formula is C19H26O3. The quantitative estimate of drug-likeness (QED) is 0.748. The molecule has 0 aliphatic heterocycles. The Kier molecular flexibility index (Phi) is 3.01. The van der Waals surface area contributed by atoms with Crippen LogP contribution >= 0.6 is 0 Å². The van der Waals surface area contributed by atoms with Gasteiger partial charge < -0.3 is 5.11 Å². The van der Waals surface area contributed by atoms with Gasteiger partial charge in [0.2, 0.25) is 0 Å². The first kappa shape index (κ1) is 14.6. The third-order valence-corrected chi connectivity index (χ3v) is 7.69.